The van der Waals surface area contributed by atoms with Crippen LogP contribution in [0.1, 0.15) is 58.8 Å². The molecule has 1 aromatic rings. The summed E-state index contributed by atoms with van der Waals surface area (Å²) in [6.45, 7) is 9.55. The number of hydrogen-bond donors (Lipinski definition) is 0. The smallest absolute Gasteiger partial charge is 0.223 e. The van der Waals surface area contributed by atoms with Gasteiger partial charge in [0.05, 0.1) is 18.2 Å². The van der Waals surface area contributed by atoms with Crippen LogP contribution in [0.4, 0.5) is 0 Å². The Balaban J connectivity index is 1.20. The van der Waals surface area contributed by atoms with E-state index in [2.05, 4.69) is 38.4 Å². The van der Waals surface area contributed by atoms with Crippen molar-refractivity contribution in [3.63, 3.8) is 0 Å². The molecule has 2 heterocycles. The van der Waals surface area contributed by atoms with Crippen molar-refractivity contribution in [1.29, 1.82) is 0 Å². The third kappa shape index (κ3) is 3.91. The van der Waals surface area contributed by atoms with Crippen molar-refractivity contribution in [2.24, 2.45) is 17.3 Å². The van der Waals surface area contributed by atoms with Gasteiger partial charge in [0.1, 0.15) is 12.7 Å². The van der Waals surface area contributed by atoms with Crippen LogP contribution in [-0.2, 0) is 15.1 Å². The van der Waals surface area contributed by atoms with Crippen molar-refractivity contribution in [2.45, 2.75) is 70.4 Å². The Hall–Kier alpha value is -1.47. The maximum atomic E-state index is 13.3. The number of carbonyl (C=O) groups is 1. The molecule has 1 aliphatic heterocycles. The summed E-state index contributed by atoms with van der Waals surface area (Å²) in [4.78, 5) is 22.1. The molecule has 1 amide bonds. The van der Waals surface area contributed by atoms with E-state index in [0.29, 0.717) is 5.91 Å². The van der Waals surface area contributed by atoms with Crippen LogP contribution in [0.2, 0.25) is 0 Å². The first kappa shape index (κ1) is 20.4. The van der Waals surface area contributed by atoms with E-state index >= 15 is 0 Å². The second-order valence-electron chi connectivity index (χ2n) is 10.8. The normalized spacial score (nSPS) is 36.0. The average Bonchev–Trinajstić information content (AvgIpc) is 3.22. The number of hydrogen-bond acceptors (Lipinski definition) is 5. The Kier molecular flexibility index (Phi) is 5.38. The van der Waals surface area contributed by atoms with Gasteiger partial charge in [-0.15, -0.1) is 0 Å². The number of nitrogens with zero attached hydrogens (tertiary/aromatic N) is 5. The van der Waals surface area contributed by atoms with Crippen LogP contribution in [0.5, 0.6) is 0 Å². The molecule has 5 aliphatic rings. The van der Waals surface area contributed by atoms with Crippen LogP contribution in [-0.4, -0.2) is 75.9 Å². The van der Waals surface area contributed by atoms with Gasteiger partial charge in [-0.05, 0) is 69.6 Å². The van der Waals surface area contributed by atoms with E-state index in [4.69, 9.17) is 4.74 Å². The molecule has 30 heavy (non-hydrogen) atoms. The lowest BCUT2D eigenvalue weighted by Gasteiger charge is -2.62. The van der Waals surface area contributed by atoms with E-state index in [-0.39, 0.29) is 17.1 Å². The Morgan fingerprint density at radius 3 is 2.50 bits per heavy atom. The number of aromatic nitrogens is 3. The van der Waals surface area contributed by atoms with Gasteiger partial charge in [0.25, 0.3) is 0 Å². The number of amides is 1. The highest BCUT2D eigenvalue weighted by molar-refractivity contribution is 5.77. The largest absolute Gasteiger partial charge is 0.377 e. The van der Waals surface area contributed by atoms with Gasteiger partial charge in [-0.1, -0.05) is 0 Å². The summed E-state index contributed by atoms with van der Waals surface area (Å²) in [5, 5.41) is 4.54. The van der Waals surface area contributed by atoms with Crippen LogP contribution >= 0.6 is 0 Å². The SMILES string of the molecule is CC(C)OCCN1CCN(C(=O)CC23C[C@H]4C[C@H](C2)CC(n2cncn2)(C4)C3)CC1. The van der Waals surface area contributed by atoms with E-state index in [1.165, 1.54) is 32.1 Å². The topological polar surface area (TPSA) is 63.5 Å². The average molecular weight is 416 g/mol. The first-order valence-electron chi connectivity index (χ1n) is 11.9. The molecule has 0 unspecified atom stereocenters. The van der Waals surface area contributed by atoms with Gasteiger partial charge in [0.2, 0.25) is 5.91 Å². The molecule has 0 N–H and O–H groups in total. The summed E-state index contributed by atoms with van der Waals surface area (Å²) >= 11 is 0. The maximum absolute atomic E-state index is 13.3. The highest BCUT2D eigenvalue weighted by Gasteiger charge is 2.59. The second kappa shape index (κ2) is 7.90. The summed E-state index contributed by atoms with van der Waals surface area (Å²) in [5.41, 5.74) is 0.283. The fourth-order valence-corrected chi connectivity index (χ4v) is 7.40. The third-order valence-corrected chi connectivity index (χ3v) is 8.17. The van der Waals surface area contributed by atoms with Crippen molar-refractivity contribution in [3.8, 4) is 0 Å². The van der Waals surface area contributed by atoms with Gasteiger partial charge in [-0.3, -0.25) is 9.69 Å². The van der Waals surface area contributed by atoms with E-state index in [1.54, 1.807) is 6.33 Å². The summed E-state index contributed by atoms with van der Waals surface area (Å²) in [6, 6.07) is 0. The molecule has 166 valence electrons. The van der Waals surface area contributed by atoms with E-state index in [9.17, 15) is 4.79 Å². The molecular weight excluding hydrogens is 378 g/mol. The first-order chi connectivity index (χ1) is 14.5. The molecule has 7 nitrogen and oxygen atoms in total. The summed E-state index contributed by atoms with van der Waals surface area (Å²) in [7, 11) is 0. The Bertz CT molecular complexity index is 727. The molecule has 0 radical (unpaired) electrons. The molecule has 6 rings (SSSR count). The molecule has 2 atom stereocenters. The van der Waals surface area contributed by atoms with Crippen molar-refractivity contribution in [1.82, 2.24) is 24.6 Å². The highest BCUT2D eigenvalue weighted by Crippen LogP contribution is 2.65. The Morgan fingerprint density at radius 2 is 1.87 bits per heavy atom. The molecule has 7 heteroatoms. The van der Waals surface area contributed by atoms with Crippen molar-refractivity contribution in [2.75, 3.05) is 39.3 Å². The van der Waals surface area contributed by atoms with Crippen molar-refractivity contribution in [3.05, 3.63) is 12.7 Å². The fourth-order valence-electron chi connectivity index (χ4n) is 7.40. The predicted octanol–water partition coefficient (Wildman–Crippen LogP) is 2.53. The maximum Gasteiger partial charge on any atom is 0.223 e. The molecule has 4 aliphatic carbocycles. The highest BCUT2D eigenvalue weighted by atomic mass is 16.5. The standard InChI is InChI=1S/C23H37N5O2/c1-18(2)30-8-7-26-3-5-27(6-4-26)21(29)14-22-10-19-9-20(11-22)13-23(12-19,15-22)28-17-24-16-25-28/h16-20H,3-15H2,1-2H3/t19-,20-,22?,23?/m1/s1. The molecule has 1 saturated heterocycles. The van der Waals surface area contributed by atoms with E-state index in [0.717, 1.165) is 64.0 Å². The minimum Gasteiger partial charge on any atom is -0.377 e. The number of carbonyl (C=O) groups excluding carboxylic acids is 1. The van der Waals surface area contributed by atoms with Crippen LogP contribution < -0.4 is 0 Å². The molecule has 0 aromatic carbocycles. The van der Waals surface area contributed by atoms with Crippen LogP contribution in [0.3, 0.4) is 0 Å². The Labute approximate surface area is 180 Å². The lowest BCUT2D eigenvalue weighted by Crippen LogP contribution is -2.58. The first-order valence-corrected chi connectivity index (χ1v) is 11.9. The van der Waals surface area contributed by atoms with Crippen LogP contribution in [0, 0.1) is 17.3 Å². The zero-order valence-corrected chi connectivity index (χ0v) is 18.6. The van der Waals surface area contributed by atoms with Crippen LogP contribution in [0.15, 0.2) is 12.7 Å². The van der Waals surface area contributed by atoms with Crippen LogP contribution in [0.25, 0.3) is 0 Å². The molecule has 1 aromatic heterocycles. The summed E-state index contributed by atoms with van der Waals surface area (Å²) < 4.78 is 7.82. The number of rotatable bonds is 7. The van der Waals surface area contributed by atoms with Gasteiger partial charge in [-0.25, -0.2) is 9.67 Å². The number of ether oxygens (including phenoxy) is 1. The molecule has 0 spiro atoms. The van der Waals surface area contributed by atoms with E-state index in [1.807, 2.05) is 6.33 Å². The monoisotopic (exact) mass is 415 g/mol. The Morgan fingerprint density at radius 1 is 1.13 bits per heavy atom. The van der Waals surface area contributed by atoms with E-state index < -0.39 is 0 Å². The van der Waals surface area contributed by atoms with Gasteiger partial charge in [0.15, 0.2) is 0 Å². The third-order valence-electron chi connectivity index (χ3n) is 8.17. The number of piperazine rings is 1. The van der Waals surface area contributed by atoms with Gasteiger partial charge < -0.3 is 9.64 Å². The zero-order chi connectivity index (χ0) is 20.8. The van der Waals surface area contributed by atoms with Crippen molar-refractivity contribution >= 4 is 5.91 Å². The predicted molar refractivity (Wildman–Crippen MR) is 114 cm³/mol. The molecule has 4 saturated carbocycles. The van der Waals surface area contributed by atoms with Gasteiger partial charge >= 0.3 is 0 Å². The molecule has 4 bridgehead atoms. The zero-order valence-electron chi connectivity index (χ0n) is 18.6. The fraction of sp³-hybridized carbons (Fsp3) is 0.870. The minimum atomic E-state index is 0.107. The van der Waals surface area contributed by atoms with Gasteiger partial charge in [-0.2, -0.15) is 5.10 Å². The molecule has 5 fully saturated rings. The summed E-state index contributed by atoms with van der Waals surface area (Å²) in [6.07, 6.45) is 12.0. The quantitative estimate of drug-likeness (QED) is 0.685. The second-order valence-corrected chi connectivity index (χ2v) is 10.8. The van der Waals surface area contributed by atoms with Crippen molar-refractivity contribution < 1.29 is 9.53 Å². The lowest BCUT2D eigenvalue weighted by molar-refractivity contribution is -0.147. The lowest BCUT2D eigenvalue weighted by atomic mass is 9.46. The molecular formula is C23H37N5O2. The minimum absolute atomic E-state index is 0.107. The summed E-state index contributed by atoms with van der Waals surface area (Å²) in [5.74, 6) is 1.88. The van der Waals surface area contributed by atoms with Gasteiger partial charge in [0, 0.05) is 39.1 Å².